The Hall–Kier alpha value is -5.93. The van der Waals surface area contributed by atoms with E-state index in [4.69, 9.17) is 21.6 Å². The molecule has 3 fully saturated rings. The standard InChI is InChI=1S/C47H56ClN11O4/c1-29-11-17-40(53-43(29)32-12-13-32)54-45(62)36-16-14-33(48)25-38(36)49-19-7-4-8-20-50-41(61)28-57-21-23-58(24-22-57)35-15-18-39(51-26-35)55-47-52-27-37-30(2)42(31(3)60)46(63)59(44(37)56-47)34-9-5-6-10-34/h11,14-18,25-27,32,34,49H,4-10,12-13,19-24,28H2,1-3H3,(H,50,61)(H,53,54,62)(H,51,52,55,56). The molecule has 5 aromatic rings. The van der Waals surface area contributed by atoms with Crippen molar-refractivity contribution in [3.05, 3.63) is 98.2 Å². The first-order valence-corrected chi connectivity index (χ1v) is 22.6. The monoisotopic (exact) mass is 873 g/mol. The van der Waals surface area contributed by atoms with Gasteiger partial charge in [0.1, 0.15) is 17.3 Å². The topological polar surface area (TPSA) is 179 Å². The second-order valence-electron chi connectivity index (χ2n) is 17.0. The quantitative estimate of drug-likeness (QED) is 0.0533. The van der Waals surface area contributed by atoms with Gasteiger partial charge in [0.25, 0.3) is 11.5 Å². The Morgan fingerprint density at radius 2 is 1.60 bits per heavy atom. The van der Waals surface area contributed by atoms with E-state index in [2.05, 4.69) is 48.0 Å². The van der Waals surface area contributed by atoms with E-state index in [-0.39, 0.29) is 34.8 Å². The fourth-order valence-corrected chi connectivity index (χ4v) is 8.97. The van der Waals surface area contributed by atoms with E-state index in [0.29, 0.717) is 76.0 Å². The van der Waals surface area contributed by atoms with E-state index in [1.165, 1.54) is 6.92 Å². The summed E-state index contributed by atoms with van der Waals surface area (Å²) in [5.41, 5.74) is 5.46. The highest BCUT2D eigenvalue weighted by molar-refractivity contribution is 6.31. The van der Waals surface area contributed by atoms with Crippen molar-refractivity contribution in [1.29, 1.82) is 0 Å². The number of carbonyl (C=O) groups is 3. The number of anilines is 5. The fraction of sp³-hybridized carbons (Fsp3) is 0.447. The van der Waals surface area contributed by atoms with Crippen LogP contribution >= 0.6 is 11.6 Å². The maximum atomic E-state index is 13.6. The van der Waals surface area contributed by atoms with Gasteiger partial charge in [-0.05, 0) is 113 Å². The number of rotatable bonds is 17. The van der Waals surface area contributed by atoms with Crippen LogP contribution in [0.2, 0.25) is 5.02 Å². The number of hydrogen-bond acceptors (Lipinski definition) is 12. The molecule has 0 atom stereocenters. The number of pyridine rings is 3. The van der Waals surface area contributed by atoms with Crippen molar-refractivity contribution >= 4 is 69.2 Å². The summed E-state index contributed by atoms with van der Waals surface area (Å²) in [6.07, 6.45) is 12.2. The Morgan fingerprint density at radius 1 is 0.841 bits per heavy atom. The van der Waals surface area contributed by atoms with Crippen molar-refractivity contribution in [3.8, 4) is 0 Å². The first-order chi connectivity index (χ1) is 30.5. The zero-order chi connectivity index (χ0) is 44.0. The molecule has 1 aromatic carbocycles. The van der Waals surface area contributed by atoms with E-state index >= 15 is 0 Å². The number of hydrogen-bond donors (Lipinski definition) is 4. The Balaban J connectivity index is 0.748. The van der Waals surface area contributed by atoms with Gasteiger partial charge in [-0.15, -0.1) is 0 Å². The van der Waals surface area contributed by atoms with Gasteiger partial charge in [0.2, 0.25) is 11.9 Å². The summed E-state index contributed by atoms with van der Waals surface area (Å²) in [5.74, 6) is 1.49. The van der Waals surface area contributed by atoms with E-state index < -0.39 is 0 Å². The summed E-state index contributed by atoms with van der Waals surface area (Å²) in [6, 6.07) is 13.0. The average Bonchev–Trinajstić information content (AvgIpc) is 3.98. The molecule has 5 heterocycles. The molecule has 1 saturated heterocycles. The largest absolute Gasteiger partial charge is 0.384 e. The number of nitrogens with one attached hydrogen (secondary N) is 4. The molecular weight excluding hydrogens is 818 g/mol. The molecule has 63 heavy (non-hydrogen) atoms. The van der Waals surface area contributed by atoms with Crippen LogP contribution in [-0.2, 0) is 4.79 Å². The van der Waals surface area contributed by atoms with Crippen molar-refractivity contribution in [3.63, 3.8) is 0 Å². The van der Waals surface area contributed by atoms with E-state index in [9.17, 15) is 19.2 Å². The highest BCUT2D eigenvalue weighted by atomic mass is 35.5. The third kappa shape index (κ3) is 10.5. The number of piperazine rings is 1. The molecular formula is C47H56ClN11O4. The number of aromatic nitrogens is 5. The highest BCUT2D eigenvalue weighted by Gasteiger charge is 2.28. The van der Waals surface area contributed by atoms with Crippen LogP contribution in [0.4, 0.5) is 29.0 Å². The van der Waals surface area contributed by atoms with Crippen molar-refractivity contribution in [2.24, 2.45) is 0 Å². The lowest BCUT2D eigenvalue weighted by Gasteiger charge is -2.35. The molecule has 0 spiro atoms. The summed E-state index contributed by atoms with van der Waals surface area (Å²) in [6.45, 7) is 9.94. The van der Waals surface area contributed by atoms with Gasteiger partial charge in [0.05, 0.1) is 29.6 Å². The number of ketones is 1. The van der Waals surface area contributed by atoms with Crippen LogP contribution < -0.4 is 31.7 Å². The van der Waals surface area contributed by atoms with Crippen LogP contribution in [0.15, 0.2) is 59.7 Å². The number of nitrogens with zero attached hydrogens (tertiary/aromatic N) is 7. The lowest BCUT2D eigenvalue weighted by atomic mass is 10.0. The predicted molar refractivity (Wildman–Crippen MR) is 248 cm³/mol. The van der Waals surface area contributed by atoms with Gasteiger partial charge in [-0.1, -0.05) is 30.5 Å². The second kappa shape index (κ2) is 19.6. The SMILES string of the molecule is CC(=O)c1c(C)c2cnc(Nc3ccc(N4CCN(CC(=O)NCCCCCNc5cc(Cl)ccc5C(=O)Nc5ccc(C)c(C6CC6)n5)CC4)cn3)nc2n(C2CCCC2)c1=O. The van der Waals surface area contributed by atoms with Crippen LogP contribution in [0.1, 0.15) is 114 Å². The number of amides is 2. The van der Waals surface area contributed by atoms with Gasteiger partial charge >= 0.3 is 0 Å². The minimum atomic E-state index is -0.280. The normalized spacial score (nSPS) is 15.7. The van der Waals surface area contributed by atoms with Gasteiger partial charge in [-0.3, -0.25) is 28.6 Å². The highest BCUT2D eigenvalue weighted by Crippen LogP contribution is 2.41. The van der Waals surface area contributed by atoms with Gasteiger partial charge in [-0.25, -0.2) is 15.0 Å². The van der Waals surface area contributed by atoms with Crippen LogP contribution in [0, 0.1) is 13.8 Å². The van der Waals surface area contributed by atoms with Crippen LogP contribution in [0.5, 0.6) is 0 Å². The van der Waals surface area contributed by atoms with Gasteiger partial charge in [0, 0.05) is 79.2 Å². The smallest absolute Gasteiger partial charge is 0.263 e. The number of aryl methyl sites for hydroxylation is 2. The van der Waals surface area contributed by atoms with Gasteiger partial charge < -0.3 is 26.2 Å². The minimum absolute atomic E-state index is 0.00226. The molecule has 2 saturated carbocycles. The molecule has 330 valence electrons. The van der Waals surface area contributed by atoms with Crippen molar-refractivity contribution in [2.45, 2.75) is 90.5 Å². The molecule has 0 bridgehead atoms. The van der Waals surface area contributed by atoms with Crippen LogP contribution in [-0.4, -0.2) is 92.8 Å². The maximum absolute atomic E-state index is 13.6. The molecule has 2 aliphatic carbocycles. The Kier molecular flexibility index (Phi) is 13.6. The number of fused-ring (bicyclic) bond motifs is 1. The molecule has 0 unspecified atom stereocenters. The van der Waals surface area contributed by atoms with E-state index in [1.54, 1.807) is 35.9 Å². The van der Waals surface area contributed by atoms with E-state index in [0.717, 1.165) is 101 Å². The lowest BCUT2D eigenvalue weighted by molar-refractivity contribution is -0.122. The molecule has 1 aliphatic heterocycles. The molecule has 16 heteroatoms. The van der Waals surface area contributed by atoms with E-state index in [1.807, 2.05) is 30.5 Å². The van der Waals surface area contributed by atoms with Crippen molar-refractivity contribution in [1.82, 2.24) is 34.7 Å². The zero-order valence-corrected chi connectivity index (χ0v) is 37.1. The van der Waals surface area contributed by atoms with Crippen LogP contribution in [0.3, 0.4) is 0 Å². The lowest BCUT2D eigenvalue weighted by Crippen LogP contribution is -2.49. The first-order valence-electron chi connectivity index (χ1n) is 22.2. The van der Waals surface area contributed by atoms with Crippen molar-refractivity contribution in [2.75, 3.05) is 66.7 Å². The Labute approximate surface area is 372 Å². The summed E-state index contributed by atoms with van der Waals surface area (Å²) < 4.78 is 1.71. The Morgan fingerprint density at radius 3 is 2.33 bits per heavy atom. The van der Waals surface area contributed by atoms with Crippen LogP contribution in [0.25, 0.3) is 11.0 Å². The molecule has 0 radical (unpaired) electrons. The molecule has 8 rings (SSSR count). The number of Topliss-reactive ketones (excluding diaryl/α,β-unsaturated/α-hetero) is 1. The summed E-state index contributed by atoms with van der Waals surface area (Å²) in [7, 11) is 0. The molecule has 15 nitrogen and oxygen atoms in total. The second-order valence-corrected chi connectivity index (χ2v) is 17.5. The molecule has 4 aromatic heterocycles. The minimum Gasteiger partial charge on any atom is -0.384 e. The Bertz CT molecular complexity index is 2550. The fourth-order valence-electron chi connectivity index (χ4n) is 8.80. The molecule has 4 N–H and O–H groups in total. The molecule has 2 amide bonds. The zero-order valence-electron chi connectivity index (χ0n) is 36.3. The third-order valence-electron chi connectivity index (χ3n) is 12.4. The summed E-state index contributed by atoms with van der Waals surface area (Å²) in [5, 5.41) is 13.9. The third-order valence-corrected chi connectivity index (χ3v) is 12.6. The predicted octanol–water partition coefficient (Wildman–Crippen LogP) is 7.56. The van der Waals surface area contributed by atoms with Gasteiger partial charge in [-0.2, -0.15) is 4.98 Å². The summed E-state index contributed by atoms with van der Waals surface area (Å²) in [4.78, 5) is 75.2. The first kappa shape index (κ1) is 43.7. The molecule has 3 aliphatic rings. The number of benzene rings is 1. The number of carbonyl (C=O) groups excluding carboxylic acids is 3. The number of unbranched alkanes of at least 4 members (excludes halogenated alkanes) is 2. The van der Waals surface area contributed by atoms with Gasteiger partial charge in [0.15, 0.2) is 5.78 Å². The van der Waals surface area contributed by atoms with Crippen molar-refractivity contribution < 1.29 is 14.4 Å². The average molecular weight is 874 g/mol. The maximum Gasteiger partial charge on any atom is 0.263 e. The summed E-state index contributed by atoms with van der Waals surface area (Å²) >= 11 is 6.30. The number of halogens is 1.